The summed E-state index contributed by atoms with van der Waals surface area (Å²) in [5, 5.41) is 13.9. The van der Waals surface area contributed by atoms with Crippen LogP contribution in [0.3, 0.4) is 0 Å². The first kappa shape index (κ1) is 12.3. The van der Waals surface area contributed by atoms with E-state index in [-0.39, 0.29) is 5.91 Å². The monoisotopic (exact) mass is 247 g/mol. The second kappa shape index (κ2) is 5.03. The number of aromatic amines is 1. The van der Waals surface area contributed by atoms with E-state index in [1.165, 1.54) is 0 Å². The van der Waals surface area contributed by atoms with Crippen LogP contribution in [0.15, 0.2) is 12.1 Å². The summed E-state index contributed by atoms with van der Waals surface area (Å²) in [5.74, 6) is 0.352. The van der Waals surface area contributed by atoms with Crippen molar-refractivity contribution < 1.29 is 4.79 Å². The molecule has 96 valence electrons. The number of carbonyl (C=O) groups is 1. The molecule has 0 radical (unpaired) electrons. The second-order valence-electron chi connectivity index (χ2n) is 4.07. The number of nitrogens with one attached hydrogen (secondary N) is 2. The number of hydrogen-bond donors (Lipinski definition) is 2. The van der Waals surface area contributed by atoms with Crippen molar-refractivity contribution in [2.24, 2.45) is 0 Å². The van der Waals surface area contributed by atoms with Gasteiger partial charge in [-0.2, -0.15) is 10.2 Å². The SMILES string of the molecule is CCc1cc(NC(=O)c2cc(C)nn2CC)n[nH]1. The van der Waals surface area contributed by atoms with Gasteiger partial charge in [-0.1, -0.05) is 6.92 Å². The summed E-state index contributed by atoms with van der Waals surface area (Å²) < 4.78 is 1.68. The van der Waals surface area contributed by atoms with Gasteiger partial charge in [-0.3, -0.25) is 14.6 Å². The molecule has 0 saturated carbocycles. The van der Waals surface area contributed by atoms with Gasteiger partial charge in [-0.15, -0.1) is 0 Å². The lowest BCUT2D eigenvalue weighted by molar-refractivity contribution is 0.101. The minimum Gasteiger partial charge on any atom is -0.304 e. The van der Waals surface area contributed by atoms with Gasteiger partial charge in [0.2, 0.25) is 0 Å². The third kappa shape index (κ3) is 2.42. The van der Waals surface area contributed by atoms with Gasteiger partial charge in [-0.05, 0) is 26.3 Å². The summed E-state index contributed by atoms with van der Waals surface area (Å²) in [7, 11) is 0. The molecule has 0 aromatic carbocycles. The number of carbonyl (C=O) groups excluding carboxylic acids is 1. The van der Waals surface area contributed by atoms with Crippen molar-refractivity contribution in [3.8, 4) is 0 Å². The molecule has 0 unspecified atom stereocenters. The molecule has 0 atom stereocenters. The topological polar surface area (TPSA) is 75.6 Å². The Morgan fingerprint density at radius 3 is 2.83 bits per heavy atom. The summed E-state index contributed by atoms with van der Waals surface area (Å²) in [4.78, 5) is 12.1. The van der Waals surface area contributed by atoms with Crippen LogP contribution in [0.2, 0.25) is 0 Å². The lowest BCUT2D eigenvalue weighted by atomic mass is 10.3. The summed E-state index contributed by atoms with van der Waals surface area (Å²) >= 11 is 0. The molecule has 0 fully saturated rings. The van der Waals surface area contributed by atoms with Crippen LogP contribution in [-0.4, -0.2) is 25.9 Å². The van der Waals surface area contributed by atoms with Crippen molar-refractivity contribution in [2.45, 2.75) is 33.7 Å². The van der Waals surface area contributed by atoms with Crippen LogP contribution >= 0.6 is 0 Å². The number of aromatic nitrogens is 4. The van der Waals surface area contributed by atoms with Crippen molar-refractivity contribution in [3.63, 3.8) is 0 Å². The lowest BCUT2D eigenvalue weighted by Gasteiger charge is -2.03. The van der Waals surface area contributed by atoms with Gasteiger partial charge in [0.05, 0.1) is 5.69 Å². The number of rotatable bonds is 4. The van der Waals surface area contributed by atoms with Crippen LogP contribution in [0.1, 0.15) is 35.7 Å². The summed E-state index contributed by atoms with van der Waals surface area (Å²) in [6.45, 7) is 6.51. The molecule has 0 spiro atoms. The minimum atomic E-state index is -0.188. The Morgan fingerprint density at radius 2 is 2.22 bits per heavy atom. The summed E-state index contributed by atoms with van der Waals surface area (Å²) in [5.41, 5.74) is 2.37. The Balaban J connectivity index is 2.16. The van der Waals surface area contributed by atoms with Crippen molar-refractivity contribution >= 4 is 11.7 Å². The number of H-pyrrole nitrogens is 1. The summed E-state index contributed by atoms with van der Waals surface area (Å²) in [6, 6.07) is 3.60. The smallest absolute Gasteiger partial charge is 0.275 e. The van der Waals surface area contributed by atoms with Crippen LogP contribution in [0.25, 0.3) is 0 Å². The molecule has 2 heterocycles. The van der Waals surface area contributed by atoms with Gasteiger partial charge in [0.25, 0.3) is 5.91 Å². The maximum Gasteiger partial charge on any atom is 0.275 e. The van der Waals surface area contributed by atoms with E-state index < -0.39 is 0 Å². The first-order valence-electron chi connectivity index (χ1n) is 6.04. The average molecular weight is 247 g/mol. The molecule has 6 nitrogen and oxygen atoms in total. The fourth-order valence-corrected chi connectivity index (χ4v) is 1.76. The second-order valence-corrected chi connectivity index (χ2v) is 4.07. The predicted molar refractivity (Wildman–Crippen MR) is 68.6 cm³/mol. The fraction of sp³-hybridized carbons (Fsp3) is 0.417. The van der Waals surface area contributed by atoms with E-state index in [4.69, 9.17) is 0 Å². The molecule has 6 heteroatoms. The van der Waals surface area contributed by atoms with Crippen LogP contribution in [0.4, 0.5) is 5.82 Å². The number of hydrogen-bond acceptors (Lipinski definition) is 3. The predicted octanol–water partition coefficient (Wildman–Crippen LogP) is 1.75. The third-order valence-corrected chi connectivity index (χ3v) is 2.69. The van der Waals surface area contributed by atoms with E-state index in [0.717, 1.165) is 17.8 Å². The molecule has 2 N–H and O–H groups in total. The molecule has 2 aromatic rings. The molecule has 0 bridgehead atoms. The van der Waals surface area contributed by atoms with Crippen molar-refractivity contribution in [1.82, 2.24) is 20.0 Å². The highest BCUT2D eigenvalue weighted by molar-refractivity contribution is 6.02. The highest BCUT2D eigenvalue weighted by Gasteiger charge is 2.14. The first-order valence-corrected chi connectivity index (χ1v) is 6.04. The zero-order chi connectivity index (χ0) is 13.1. The lowest BCUT2D eigenvalue weighted by Crippen LogP contribution is -2.17. The Kier molecular flexibility index (Phi) is 3.45. The van der Waals surface area contributed by atoms with Crippen LogP contribution in [0.5, 0.6) is 0 Å². The Morgan fingerprint density at radius 1 is 1.44 bits per heavy atom. The average Bonchev–Trinajstić information content (AvgIpc) is 2.95. The fourth-order valence-electron chi connectivity index (χ4n) is 1.76. The summed E-state index contributed by atoms with van der Waals surface area (Å²) in [6.07, 6.45) is 0.856. The highest BCUT2D eigenvalue weighted by Crippen LogP contribution is 2.10. The standard InChI is InChI=1S/C12H17N5O/c1-4-9-7-11(15-14-9)13-12(18)10-6-8(3)16-17(10)5-2/h6-7H,4-5H2,1-3H3,(H2,13,14,15,18). The molecule has 1 amide bonds. The van der Waals surface area contributed by atoms with E-state index in [9.17, 15) is 4.79 Å². The molecular formula is C12H17N5O. The quantitative estimate of drug-likeness (QED) is 0.864. The van der Waals surface area contributed by atoms with E-state index in [0.29, 0.717) is 18.1 Å². The van der Waals surface area contributed by atoms with Gasteiger partial charge in [0.15, 0.2) is 5.82 Å². The van der Waals surface area contributed by atoms with Gasteiger partial charge in [0.1, 0.15) is 5.69 Å². The number of anilines is 1. The number of aryl methyl sites for hydroxylation is 3. The zero-order valence-electron chi connectivity index (χ0n) is 10.8. The highest BCUT2D eigenvalue weighted by atomic mass is 16.2. The van der Waals surface area contributed by atoms with Crippen molar-refractivity contribution in [1.29, 1.82) is 0 Å². The van der Waals surface area contributed by atoms with Crippen molar-refractivity contribution in [2.75, 3.05) is 5.32 Å². The van der Waals surface area contributed by atoms with E-state index in [1.54, 1.807) is 10.7 Å². The maximum absolute atomic E-state index is 12.1. The van der Waals surface area contributed by atoms with Crippen LogP contribution < -0.4 is 5.32 Å². The Labute approximate surface area is 105 Å². The van der Waals surface area contributed by atoms with E-state index in [2.05, 4.69) is 20.6 Å². The van der Waals surface area contributed by atoms with Crippen LogP contribution in [-0.2, 0) is 13.0 Å². The molecule has 2 aromatic heterocycles. The number of nitrogens with zero attached hydrogens (tertiary/aromatic N) is 3. The van der Waals surface area contributed by atoms with Crippen molar-refractivity contribution in [3.05, 3.63) is 29.2 Å². The molecule has 0 saturated heterocycles. The minimum absolute atomic E-state index is 0.188. The third-order valence-electron chi connectivity index (χ3n) is 2.69. The Bertz CT molecular complexity index is 555. The Hall–Kier alpha value is -2.11. The van der Waals surface area contributed by atoms with Gasteiger partial charge < -0.3 is 5.32 Å². The first-order chi connectivity index (χ1) is 8.63. The van der Waals surface area contributed by atoms with E-state index >= 15 is 0 Å². The van der Waals surface area contributed by atoms with Gasteiger partial charge in [0, 0.05) is 18.3 Å². The normalized spacial score (nSPS) is 10.6. The largest absolute Gasteiger partial charge is 0.304 e. The molecule has 0 aliphatic rings. The van der Waals surface area contributed by atoms with E-state index in [1.807, 2.05) is 26.8 Å². The molecule has 0 aliphatic heterocycles. The molecule has 2 rings (SSSR count). The van der Waals surface area contributed by atoms with Crippen LogP contribution in [0, 0.1) is 6.92 Å². The molecular weight excluding hydrogens is 230 g/mol. The number of amides is 1. The maximum atomic E-state index is 12.1. The van der Waals surface area contributed by atoms with Gasteiger partial charge >= 0.3 is 0 Å². The molecule has 0 aliphatic carbocycles. The van der Waals surface area contributed by atoms with Gasteiger partial charge in [-0.25, -0.2) is 0 Å². The molecule has 18 heavy (non-hydrogen) atoms. The zero-order valence-corrected chi connectivity index (χ0v) is 10.8.